The normalized spacial score (nSPS) is 16.4. The number of amides is 1. The van der Waals surface area contributed by atoms with Gasteiger partial charge in [-0.1, -0.05) is 19.4 Å². The number of hydrogen-bond acceptors (Lipinski definition) is 2. The molecule has 1 aliphatic rings. The van der Waals surface area contributed by atoms with Crippen LogP contribution < -0.4 is 11.1 Å². The summed E-state index contributed by atoms with van der Waals surface area (Å²) in [7, 11) is 0. The molecule has 0 unspecified atom stereocenters. The highest BCUT2D eigenvalue weighted by Gasteiger charge is 2.26. The second-order valence-corrected chi connectivity index (χ2v) is 5.23. The molecule has 0 saturated heterocycles. The molecule has 0 spiro atoms. The lowest BCUT2D eigenvalue weighted by Crippen LogP contribution is -2.31. The summed E-state index contributed by atoms with van der Waals surface area (Å²) in [5.74, 6) is 0.0201. The molecule has 0 saturated carbocycles. The Kier molecular flexibility index (Phi) is 3.65. The Labute approximate surface area is 114 Å². The van der Waals surface area contributed by atoms with Crippen LogP contribution in [0.15, 0.2) is 6.08 Å². The van der Waals surface area contributed by atoms with Crippen LogP contribution in [-0.4, -0.2) is 5.91 Å². The van der Waals surface area contributed by atoms with Crippen LogP contribution in [0, 0.1) is 20.8 Å². The molecule has 0 aromatic heterocycles. The summed E-state index contributed by atoms with van der Waals surface area (Å²) < 4.78 is 0. The van der Waals surface area contributed by atoms with Crippen molar-refractivity contribution >= 4 is 17.2 Å². The number of unbranched alkanes of at least 4 members (excludes halogenated alkanes) is 1. The van der Waals surface area contributed by atoms with E-state index in [1.165, 1.54) is 11.1 Å². The molecule has 1 aliphatic heterocycles. The number of fused-ring (bicyclic) bond motifs is 1. The minimum absolute atomic E-state index is 0.0201. The zero-order chi connectivity index (χ0) is 14.2. The summed E-state index contributed by atoms with van der Waals surface area (Å²) >= 11 is 0. The molecule has 1 aromatic carbocycles. The maximum Gasteiger partial charge on any atom is 0.251 e. The van der Waals surface area contributed by atoms with E-state index >= 15 is 0 Å². The van der Waals surface area contributed by atoms with Crippen LogP contribution in [0.25, 0.3) is 5.57 Å². The second-order valence-electron chi connectivity index (χ2n) is 5.23. The quantitative estimate of drug-likeness (QED) is 0.633. The number of carbonyl (C=O) groups is 1. The number of nitrogens with one attached hydrogen (secondary N) is 1. The van der Waals surface area contributed by atoms with E-state index in [9.17, 15) is 4.79 Å². The van der Waals surface area contributed by atoms with Crippen molar-refractivity contribution in [3.05, 3.63) is 33.9 Å². The van der Waals surface area contributed by atoms with Gasteiger partial charge in [0.25, 0.3) is 5.91 Å². The van der Waals surface area contributed by atoms with Crippen LogP contribution >= 0.6 is 0 Å². The van der Waals surface area contributed by atoms with Crippen molar-refractivity contribution in [3.63, 3.8) is 0 Å². The molecule has 0 radical (unpaired) electrons. The van der Waals surface area contributed by atoms with Gasteiger partial charge in [-0.15, -0.1) is 0 Å². The highest BCUT2D eigenvalue weighted by atomic mass is 16.1. The number of hydrogen-bond donors (Lipinski definition) is 2. The Morgan fingerprint density at radius 2 is 1.89 bits per heavy atom. The van der Waals surface area contributed by atoms with Crippen LogP contribution in [0.5, 0.6) is 0 Å². The van der Waals surface area contributed by atoms with E-state index in [4.69, 9.17) is 5.73 Å². The van der Waals surface area contributed by atoms with Crippen molar-refractivity contribution in [2.24, 2.45) is 0 Å². The first-order valence-corrected chi connectivity index (χ1v) is 6.85. The average Bonchev–Trinajstić information content (AvgIpc) is 2.41. The van der Waals surface area contributed by atoms with E-state index in [0.29, 0.717) is 6.54 Å². The Morgan fingerprint density at radius 1 is 1.21 bits per heavy atom. The number of nitrogen functional groups attached to an aromatic ring is 1. The molecule has 0 atom stereocenters. The molecule has 1 aromatic rings. The van der Waals surface area contributed by atoms with Crippen molar-refractivity contribution in [1.82, 2.24) is 5.32 Å². The zero-order valence-electron chi connectivity index (χ0n) is 12.2. The largest absolute Gasteiger partial charge is 0.398 e. The fourth-order valence-electron chi connectivity index (χ4n) is 2.70. The molecule has 19 heavy (non-hydrogen) atoms. The van der Waals surface area contributed by atoms with Gasteiger partial charge in [0.1, 0.15) is 0 Å². The van der Waals surface area contributed by atoms with Crippen molar-refractivity contribution < 1.29 is 4.79 Å². The van der Waals surface area contributed by atoms with Crippen LogP contribution in [0.3, 0.4) is 0 Å². The Hall–Kier alpha value is -1.77. The first kappa shape index (κ1) is 13.7. The summed E-state index contributed by atoms with van der Waals surface area (Å²) in [4.78, 5) is 12.1. The van der Waals surface area contributed by atoms with Crippen molar-refractivity contribution in [2.45, 2.75) is 47.1 Å². The summed E-state index contributed by atoms with van der Waals surface area (Å²) in [6, 6.07) is 0. The molecule has 3 heteroatoms. The molecule has 1 heterocycles. The van der Waals surface area contributed by atoms with E-state index in [1.807, 2.05) is 19.9 Å². The van der Waals surface area contributed by atoms with Crippen LogP contribution in [0.4, 0.5) is 5.69 Å². The van der Waals surface area contributed by atoms with Crippen LogP contribution in [-0.2, 0) is 11.3 Å². The fourth-order valence-corrected chi connectivity index (χ4v) is 2.70. The predicted octanol–water partition coefficient (Wildman–Crippen LogP) is 3.01. The van der Waals surface area contributed by atoms with E-state index < -0.39 is 0 Å². The van der Waals surface area contributed by atoms with E-state index in [1.54, 1.807) is 0 Å². The molecule has 2 rings (SSSR count). The van der Waals surface area contributed by atoms with Gasteiger partial charge in [-0.3, -0.25) is 4.79 Å². The zero-order valence-corrected chi connectivity index (χ0v) is 12.2. The van der Waals surface area contributed by atoms with Crippen molar-refractivity contribution in [3.8, 4) is 0 Å². The third-order valence-electron chi connectivity index (χ3n) is 4.08. The molecular weight excluding hydrogens is 236 g/mol. The van der Waals surface area contributed by atoms with Gasteiger partial charge < -0.3 is 11.1 Å². The monoisotopic (exact) mass is 258 g/mol. The third kappa shape index (κ3) is 2.14. The van der Waals surface area contributed by atoms with Crippen molar-refractivity contribution in [2.75, 3.05) is 5.73 Å². The van der Waals surface area contributed by atoms with Crippen LogP contribution in [0.1, 0.15) is 47.6 Å². The van der Waals surface area contributed by atoms with E-state index in [-0.39, 0.29) is 5.91 Å². The molecule has 0 aliphatic carbocycles. The van der Waals surface area contributed by atoms with Gasteiger partial charge in [0, 0.05) is 17.8 Å². The summed E-state index contributed by atoms with van der Waals surface area (Å²) in [5, 5.41) is 2.96. The first-order chi connectivity index (χ1) is 8.99. The highest BCUT2D eigenvalue weighted by molar-refractivity contribution is 6.21. The molecular formula is C16H22N2O. The highest BCUT2D eigenvalue weighted by Crippen LogP contribution is 2.35. The van der Waals surface area contributed by atoms with Gasteiger partial charge in [0.05, 0.1) is 0 Å². The minimum Gasteiger partial charge on any atom is -0.398 e. The molecule has 3 nitrogen and oxygen atoms in total. The topological polar surface area (TPSA) is 55.1 Å². The summed E-state index contributed by atoms with van der Waals surface area (Å²) in [6.07, 6.45) is 3.98. The first-order valence-electron chi connectivity index (χ1n) is 6.85. The summed E-state index contributed by atoms with van der Waals surface area (Å²) in [5.41, 5.74) is 13.4. The number of nitrogens with two attached hydrogens (primary N) is 1. The average molecular weight is 258 g/mol. The minimum atomic E-state index is 0.0201. The molecule has 1 amide bonds. The smallest absolute Gasteiger partial charge is 0.251 e. The fraction of sp³-hybridized carbons (Fsp3) is 0.438. The molecule has 0 fully saturated rings. The summed E-state index contributed by atoms with van der Waals surface area (Å²) in [6.45, 7) is 8.85. The van der Waals surface area contributed by atoms with Crippen LogP contribution in [0.2, 0.25) is 0 Å². The SMILES string of the molecule is CCC/C=C1\C(=O)NCc2c(C)c(C)c(N)c(C)c21. The maximum absolute atomic E-state index is 12.1. The number of benzene rings is 1. The Balaban J connectivity index is 2.72. The molecule has 3 N–H and O–H groups in total. The molecule has 0 bridgehead atoms. The maximum atomic E-state index is 12.1. The van der Waals surface area contributed by atoms with Gasteiger partial charge >= 0.3 is 0 Å². The van der Waals surface area contributed by atoms with Crippen molar-refractivity contribution in [1.29, 1.82) is 0 Å². The predicted molar refractivity (Wildman–Crippen MR) is 79.8 cm³/mol. The van der Waals surface area contributed by atoms with E-state index in [0.717, 1.165) is 40.8 Å². The Bertz CT molecular complexity index is 571. The lowest BCUT2D eigenvalue weighted by Gasteiger charge is -2.26. The number of carbonyl (C=O) groups excluding carboxylic acids is 1. The third-order valence-corrected chi connectivity index (χ3v) is 4.08. The van der Waals surface area contributed by atoms with Gasteiger partial charge in [0.15, 0.2) is 0 Å². The standard InChI is InChI=1S/C16H22N2O/c1-5-6-7-12-14-11(4)15(17)10(3)9(2)13(14)8-18-16(12)19/h7H,5-6,8,17H2,1-4H3,(H,18,19)/b12-7-. The van der Waals surface area contributed by atoms with Gasteiger partial charge in [0.2, 0.25) is 0 Å². The Morgan fingerprint density at radius 3 is 2.53 bits per heavy atom. The van der Waals surface area contributed by atoms with Gasteiger partial charge in [-0.2, -0.15) is 0 Å². The molecule has 102 valence electrons. The number of rotatable bonds is 2. The van der Waals surface area contributed by atoms with Gasteiger partial charge in [-0.05, 0) is 55.0 Å². The number of allylic oxidation sites excluding steroid dienone is 1. The lowest BCUT2D eigenvalue weighted by molar-refractivity contribution is -0.116. The van der Waals surface area contributed by atoms with Gasteiger partial charge in [-0.25, -0.2) is 0 Å². The second kappa shape index (κ2) is 5.08. The lowest BCUT2D eigenvalue weighted by atomic mass is 9.84. The van der Waals surface area contributed by atoms with E-state index in [2.05, 4.69) is 19.2 Å². The number of anilines is 1.